The third-order valence-electron chi connectivity index (χ3n) is 7.85. The molecule has 1 saturated carbocycles. The van der Waals surface area contributed by atoms with Gasteiger partial charge in [-0.25, -0.2) is 4.79 Å². The Labute approximate surface area is 223 Å². The monoisotopic (exact) mass is 514 g/mol. The number of amides is 3. The van der Waals surface area contributed by atoms with E-state index >= 15 is 0 Å². The summed E-state index contributed by atoms with van der Waals surface area (Å²) < 4.78 is 5.59. The Morgan fingerprint density at radius 1 is 1.16 bits per heavy atom. The van der Waals surface area contributed by atoms with Crippen LogP contribution in [0.4, 0.5) is 10.5 Å². The van der Waals surface area contributed by atoms with E-state index < -0.39 is 23.8 Å². The van der Waals surface area contributed by atoms with Crippen LogP contribution in [0.3, 0.4) is 0 Å². The van der Waals surface area contributed by atoms with Crippen molar-refractivity contribution in [1.29, 1.82) is 5.26 Å². The molecule has 2 aliphatic heterocycles. The molecule has 2 aromatic carbocycles. The van der Waals surface area contributed by atoms with Gasteiger partial charge in [0.25, 0.3) is 0 Å². The zero-order valence-electron chi connectivity index (χ0n) is 22.4. The number of nitrogens with one attached hydrogen (secondary N) is 1. The Morgan fingerprint density at radius 2 is 1.89 bits per heavy atom. The highest BCUT2D eigenvalue weighted by molar-refractivity contribution is 6.03. The fourth-order valence-electron chi connectivity index (χ4n) is 6.09. The van der Waals surface area contributed by atoms with E-state index in [4.69, 9.17) is 4.74 Å². The van der Waals surface area contributed by atoms with Crippen molar-refractivity contribution in [2.75, 3.05) is 11.9 Å². The van der Waals surface area contributed by atoms with Gasteiger partial charge in [-0.15, -0.1) is 0 Å². The molecule has 38 heavy (non-hydrogen) atoms. The van der Waals surface area contributed by atoms with Crippen LogP contribution in [-0.4, -0.2) is 53.6 Å². The molecule has 2 heterocycles. The van der Waals surface area contributed by atoms with Gasteiger partial charge in [0.2, 0.25) is 11.8 Å². The number of hydrogen-bond acceptors (Lipinski definition) is 5. The Hall–Kier alpha value is -3.86. The van der Waals surface area contributed by atoms with Gasteiger partial charge in [0.1, 0.15) is 17.7 Å². The Bertz CT molecular complexity index is 1310. The zero-order valence-corrected chi connectivity index (χ0v) is 22.4. The number of benzene rings is 2. The van der Waals surface area contributed by atoms with E-state index in [-0.39, 0.29) is 23.8 Å². The van der Waals surface area contributed by atoms with Crippen LogP contribution < -0.4 is 10.2 Å². The molecule has 1 saturated heterocycles. The van der Waals surface area contributed by atoms with Crippen molar-refractivity contribution in [1.82, 2.24) is 10.2 Å². The van der Waals surface area contributed by atoms with E-state index in [0.29, 0.717) is 12.8 Å². The number of piperidine rings is 1. The third kappa shape index (κ3) is 4.85. The Morgan fingerprint density at radius 3 is 2.58 bits per heavy atom. The largest absolute Gasteiger partial charge is 0.444 e. The van der Waals surface area contributed by atoms with E-state index in [9.17, 15) is 19.6 Å². The number of carbonyl (C=O) groups excluding carboxylic acids is 3. The number of nitriles is 1. The highest BCUT2D eigenvalue weighted by atomic mass is 16.6. The second kappa shape index (κ2) is 9.79. The highest BCUT2D eigenvalue weighted by Crippen LogP contribution is 2.43. The summed E-state index contributed by atoms with van der Waals surface area (Å²) in [5, 5.41) is 12.7. The first kappa shape index (κ1) is 25.8. The number of rotatable bonds is 5. The maximum atomic E-state index is 13.3. The topological polar surface area (TPSA) is 103 Å². The zero-order chi connectivity index (χ0) is 27.2. The van der Waals surface area contributed by atoms with Crippen LogP contribution in [0.2, 0.25) is 0 Å². The summed E-state index contributed by atoms with van der Waals surface area (Å²) in [5.74, 6) is -0.123. The molecule has 8 nitrogen and oxygen atoms in total. The lowest BCUT2D eigenvalue weighted by molar-refractivity contribution is -0.128. The van der Waals surface area contributed by atoms with Crippen LogP contribution in [0.25, 0.3) is 11.1 Å². The van der Waals surface area contributed by atoms with Crippen LogP contribution in [0.15, 0.2) is 42.5 Å². The molecule has 3 amide bonds. The first-order valence-corrected chi connectivity index (χ1v) is 13.2. The third-order valence-corrected chi connectivity index (χ3v) is 7.85. The quantitative estimate of drug-likeness (QED) is 0.644. The summed E-state index contributed by atoms with van der Waals surface area (Å²) in [6.07, 6.45) is 2.83. The lowest BCUT2D eigenvalue weighted by Gasteiger charge is -2.35. The summed E-state index contributed by atoms with van der Waals surface area (Å²) in [7, 11) is 1.79. The molecular weight excluding hydrogens is 480 g/mol. The molecule has 5 rings (SSSR count). The van der Waals surface area contributed by atoms with Gasteiger partial charge in [-0.05, 0) is 74.3 Å². The predicted molar refractivity (Wildman–Crippen MR) is 143 cm³/mol. The van der Waals surface area contributed by atoms with Crippen molar-refractivity contribution < 1.29 is 19.1 Å². The van der Waals surface area contributed by atoms with Gasteiger partial charge < -0.3 is 15.0 Å². The first-order chi connectivity index (χ1) is 18.1. The van der Waals surface area contributed by atoms with Crippen molar-refractivity contribution in [3.63, 3.8) is 0 Å². The maximum Gasteiger partial charge on any atom is 0.411 e. The minimum atomic E-state index is -0.722. The number of ether oxygens (including phenoxy) is 1. The van der Waals surface area contributed by atoms with E-state index in [1.54, 1.807) is 16.8 Å². The summed E-state index contributed by atoms with van der Waals surface area (Å²) in [6, 6.07) is 14.7. The molecule has 198 valence electrons. The van der Waals surface area contributed by atoms with E-state index in [1.807, 2.05) is 63.2 Å². The van der Waals surface area contributed by atoms with Crippen LogP contribution in [0, 0.1) is 17.2 Å². The van der Waals surface area contributed by atoms with Crippen LogP contribution in [0.5, 0.6) is 0 Å². The highest BCUT2D eigenvalue weighted by Gasteiger charge is 2.52. The molecule has 1 aliphatic carbocycles. The average molecular weight is 515 g/mol. The standard InChI is InChI=1S/C30H34N4O4/c1-30(2,3)38-29(37)34-22-13-12-20(15-22)27(34)28(36)32-21(17-31)14-18-8-10-19(11-9-18)23-6-5-7-25-24(23)16-26(35)33(25)4/h5-11,20-22,27H,12-16H2,1-4H3,(H,32,36)/t20-,21-,22+,27-/m0/s1. The lowest BCUT2D eigenvalue weighted by atomic mass is 9.95. The maximum absolute atomic E-state index is 13.3. The van der Waals surface area contributed by atoms with Crippen molar-refractivity contribution >= 4 is 23.6 Å². The predicted octanol–water partition coefficient (Wildman–Crippen LogP) is 4.21. The lowest BCUT2D eigenvalue weighted by Crippen LogP contribution is -2.55. The van der Waals surface area contributed by atoms with Crippen molar-refractivity contribution in [3.8, 4) is 17.2 Å². The molecule has 2 aromatic rings. The molecule has 1 N–H and O–H groups in total. The van der Waals surface area contributed by atoms with E-state index in [0.717, 1.165) is 47.2 Å². The molecule has 2 fully saturated rings. The molecule has 3 aliphatic rings. The number of fused-ring (bicyclic) bond motifs is 3. The fourth-order valence-corrected chi connectivity index (χ4v) is 6.09. The Balaban J connectivity index is 1.27. The van der Waals surface area contributed by atoms with E-state index in [2.05, 4.69) is 11.4 Å². The van der Waals surface area contributed by atoms with Crippen LogP contribution in [-0.2, 0) is 27.2 Å². The molecule has 2 bridgehead atoms. The SMILES string of the molecule is CN1C(=O)Cc2c(-c3ccc(C[C@@H](C#N)NC(=O)[C@@H]4[C@H]5CC[C@H](C5)N4C(=O)OC(C)(C)C)cc3)cccc21. The summed E-state index contributed by atoms with van der Waals surface area (Å²) >= 11 is 0. The van der Waals surface area contributed by atoms with Gasteiger partial charge in [0.15, 0.2) is 0 Å². The van der Waals surface area contributed by atoms with Gasteiger partial charge in [-0.3, -0.25) is 14.5 Å². The fraction of sp³-hybridized carbons (Fsp3) is 0.467. The second-order valence-electron chi connectivity index (χ2n) is 11.6. The summed E-state index contributed by atoms with van der Waals surface area (Å²) in [4.78, 5) is 41.7. The minimum Gasteiger partial charge on any atom is -0.444 e. The molecule has 0 radical (unpaired) electrons. The minimum absolute atomic E-state index is 0.00759. The van der Waals surface area contributed by atoms with Crippen molar-refractivity contribution in [2.45, 2.75) is 76.6 Å². The van der Waals surface area contributed by atoms with Gasteiger partial charge in [0.05, 0.1) is 12.5 Å². The van der Waals surface area contributed by atoms with Gasteiger partial charge in [-0.2, -0.15) is 5.26 Å². The molecular formula is C30H34N4O4. The number of likely N-dealkylation sites (tertiary alicyclic amines) is 1. The van der Waals surface area contributed by atoms with E-state index in [1.165, 1.54) is 0 Å². The number of anilines is 1. The number of likely N-dealkylation sites (N-methyl/N-ethyl adjacent to an activating group) is 1. The smallest absolute Gasteiger partial charge is 0.411 e. The van der Waals surface area contributed by atoms with Gasteiger partial charge in [0, 0.05) is 25.2 Å². The van der Waals surface area contributed by atoms with Gasteiger partial charge >= 0.3 is 6.09 Å². The summed E-state index contributed by atoms with van der Waals surface area (Å²) in [5.41, 5.74) is 4.25. The van der Waals surface area contributed by atoms with Crippen molar-refractivity contribution in [3.05, 3.63) is 53.6 Å². The number of carbonyl (C=O) groups is 3. The summed E-state index contributed by atoms with van der Waals surface area (Å²) in [6.45, 7) is 5.44. The number of hydrogen-bond donors (Lipinski definition) is 1. The molecule has 4 atom stereocenters. The van der Waals surface area contributed by atoms with Gasteiger partial charge in [-0.1, -0.05) is 36.4 Å². The molecule has 0 spiro atoms. The molecule has 8 heteroatoms. The normalized spacial score (nSPS) is 22.7. The average Bonchev–Trinajstić information content (AvgIpc) is 3.57. The Kier molecular flexibility index (Phi) is 6.64. The van der Waals surface area contributed by atoms with Crippen LogP contribution in [0.1, 0.15) is 51.2 Å². The number of nitrogens with zero attached hydrogens (tertiary/aromatic N) is 3. The molecule has 0 unspecified atom stereocenters. The second-order valence-corrected chi connectivity index (χ2v) is 11.6. The van der Waals surface area contributed by atoms with Crippen LogP contribution >= 0.6 is 0 Å². The first-order valence-electron chi connectivity index (χ1n) is 13.2. The molecule has 0 aromatic heterocycles. The van der Waals surface area contributed by atoms with Crippen molar-refractivity contribution in [2.24, 2.45) is 5.92 Å².